The van der Waals surface area contributed by atoms with Crippen molar-refractivity contribution in [1.29, 1.82) is 0 Å². The number of rotatable bonds is 7. The van der Waals surface area contributed by atoms with Crippen LogP contribution < -0.4 is 5.32 Å². The lowest BCUT2D eigenvalue weighted by Gasteiger charge is -2.12. The second kappa shape index (κ2) is 8.73. The van der Waals surface area contributed by atoms with Crippen LogP contribution in [0.1, 0.15) is 19.4 Å². The van der Waals surface area contributed by atoms with E-state index in [2.05, 4.69) is 15.5 Å². The van der Waals surface area contributed by atoms with E-state index in [0.29, 0.717) is 29.2 Å². The lowest BCUT2D eigenvalue weighted by Crippen LogP contribution is -2.16. The van der Waals surface area contributed by atoms with Crippen molar-refractivity contribution >= 4 is 23.4 Å². The van der Waals surface area contributed by atoms with E-state index in [1.807, 2.05) is 18.4 Å². The molecular weight excluding hydrogens is 405 g/mol. The number of alkyl halides is 3. The molecule has 0 spiro atoms. The molecule has 1 aromatic carbocycles. The van der Waals surface area contributed by atoms with Gasteiger partial charge in [0.1, 0.15) is 0 Å². The maximum Gasteiger partial charge on any atom is 0.416 e. The van der Waals surface area contributed by atoms with Gasteiger partial charge in [-0.05, 0) is 36.2 Å². The van der Waals surface area contributed by atoms with Crippen LogP contribution in [0.2, 0.25) is 0 Å². The Labute approximate surface area is 169 Å². The molecule has 0 bridgehead atoms. The maximum absolute atomic E-state index is 12.8. The van der Waals surface area contributed by atoms with Gasteiger partial charge in [-0.3, -0.25) is 9.36 Å². The summed E-state index contributed by atoms with van der Waals surface area (Å²) in [5, 5.41) is 11.3. The standard InChI is InChI=1S/C19H19F3N4O2S/c1-12(2)10-26-17(15-7-4-8-28-15)24-25-18(26)29-11-16(27)23-14-6-3-5-13(9-14)19(20,21)22/h3-9,12H,10-11H2,1-2H3,(H,23,27). The summed E-state index contributed by atoms with van der Waals surface area (Å²) in [5.41, 5.74) is -0.729. The van der Waals surface area contributed by atoms with Crippen molar-refractivity contribution < 1.29 is 22.4 Å². The highest BCUT2D eigenvalue weighted by molar-refractivity contribution is 7.99. The number of hydrogen-bond acceptors (Lipinski definition) is 5. The number of anilines is 1. The number of nitrogens with one attached hydrogen (secondary N) is 1. The van der Waals surface area contributed by atoms with Gasteiger partial charge < -0.3 is 9.73 Å². The first kappa shape index (κ1) is 21.0. The first-order chi connectivity index (χ1) is 13.7. The highest BCUT2D eigenvalue weighted by Gasteiger charge is 2.30. The van der Waals surface area contributed by atoms with Gasteiger partial charge in [0, 0.05) is 12.2 Å². The third-order valence-corrected chi connectivity index (χ3v) is 4.78. The fourth-order valence-corrected chi connectivity index (χ4v) is 3.36. The molecule has 0 fully saturated rings. The van der Waals surface area contributed by atoms with Crippen LogP contribution >= 0.6 is 11.8 Å². The number of thioether (sulfide) groups is 1. The first-order valence-corrected chi connectivity index (χ1v) is 9.79. The van der Waals surface area contributed by atoms with Crippen LogP contribution in [0.3, 0.4) is 0 Å². The monoisotopic (exact) mass is 424 g/mol. The summed E-state index contributed by atoms with van der Waals surface area (Å²) >= 11 is 1.16. The van der Waals surface area contributed by atoms with Crippen molar-refractivity contribution in [3.63, 3.8) is 0 Å². The van der Waals surface area contributed by atoms with E-state index in [-0.39, 0.29) is 11.4 Å². The number of amides is 1. The summed E-state index contributed by atoms with van der Waals surface area (Å²) in [4.78, 5) is 12.2. The molecule has 0 aliphatic heterocycles. The quantitative estimate of drug-likeness (QED) is 0.544. The van der Waals surface area contributed by atoms with E-state index >= 15 is 0 Å². The van der Waals surface area contributed by atoms with Crippen LogP contribution in [0.25, 0.3) is 11.6 Å². The molecule has 1 amide bonds. The summed E-state index contributed by atoms with van der Waals surface area (Å²) in [6, 6.07) is 8.04. The SMILES string of the molecule is CC(C)Cn1c(SCC(=O)Nc2cccc(C(F)(F)F)c2)nnc1-c1ccco1. The normalized spacial score (nSPS) is 11.8. The van der Waals surface area contributed by atoms with E-state index in [1.165, 1.54) is 12.1 Å². The second-order valence-electron chi connectivity index (χ2n) is 6.70. The molecule has 29 heavy (non-hydrogen) atoms. The predicted octanol–water partition coefficient (Wildman–Crippen LogP) is 4.94. The molecule has 0 radical (unpaired) electrons. The molecule has 3 aromatic rings. The van der Waals surface area contributed by atoms with Gasteiger partial charge in [-0.1, -0.05) is 31.7 Å². The van der Waals surface area contributed by atoms with E-state index in [9.17, 15) is 18.0 Å². The molecule has 10 heteroatoms. The molecule has 6 nitrogen and oxygen atoms in total. The van der Waals surface area contributed by atoms with Crippen molar-refractivity contribution in [3.8, 4) is 11.6 Å². The highest BCUT2D eigenvalue weighted by atomic mass is 32.2. The van der Waals surface area contributed by atoms with E-state index in [1.54, 1.807) is 18.4 Å². The van der Waals surface area contributed by atoms with Crippen molar-refractivity contribution in [1.82, 2.24) is 14.8 Å². The topological polar surface area (TPSA) is 73.0 Å². The van der Waals surface area contributed by atoms with Crippen LogP contribution in [-0.2, 0) is 17.5 Å². The zero-order valence-corrected chi connectivity index (χ0v) is 16.5. The van der Waals surface area contributed by atoms with Gasteiger partial charge in [0.15, 0.2) is 16.7 Å². The first-order valence-electron chi connectivity index (χ1n) is 8.81. The van der Waals surface area contributed by atoms with Crippen LogP contribution in [0, 0.1) is 5.92 Å². The Kier molecular flexibility index (Phi) is 6.31. The number of halogens is 3. The Balaban J connectivity index is 1.69. The molecule has 0 saturated heterocycles. The largest absolute Gasteiger partial charge is 0.461 e. The van der Waals surface area contributed by atoms with E-state index < -0.39 is 17.6 Å². The fourth-order valence-electron chi connectivity index (χ4n) is 2.61. The molecule has 3 rings (SSSR count). The van der Waals surface area contributed by atoms with Gasteiger partial charge in [-0.2, -0.15) is 13.2 Å². The summed E-state index contributed by atoms with van der Waals surface area (Å²) in [7, 11) is 0. The third-order valence-electron chi connectivity index (χ3n) is 3.81. The smallest absolute Gasteiger partial charge is 0.416 e. The number of carbonyl (C=O) groups excluding carboxylic acids is 1. The maximum atomic E-state index is 12.8. The Morgan fingerprint density at radius 3 is 2.69 bits per heavy atom. The van der Waals surface area contributed by atoms with Crippen molar-refractivity contribution in [2.45, 2.75) is 31.7 Å². The Morgan fingerprint density at radius 1 is 1.24 bits per heavy atom. The number of nitrogens with zero attached hydrogens (tertiary/aromatic N) is 3. The number of furan rings is 1. The average Bonchev–Trinajstić information content (AvgIpc) is 3.29. The van der Waals surface area contributed by atoms with Crippen molar-refractivity contribution in [2.24, 2.45) is 5.92 Å². The Morgan fingerprint density at radius 2 is 2.03 bits per heavy atom. The summed E-state index contributed by atoms with van der Waals surface area (Å²) < 4.78 is 45.7. The lowest BCUT2D eigenvalue weighted by molar-refractivity contribution is -0.137. The molecule has 0 aliphatic rings. The molecule has 0 aliphatic carbocycles. The lowest BCUT2D eigenvalue weighted by atomic mass is 10.2. The van der Waals surface area contributed by atoms with Gasteiger partial charge in [0.2, 0.25) is 5.91 Å². The number of carbonyl (C=O) groups is 1. The fraction of sp³-hybridized carbons (Fsp3) is 0.316. The second-order valence-corrected chi connectivity index (χ2v) is 7.65. The van der Waals surface area contributed by atoms with Crippen LogP contribution in [-0.4, -0.2) is 26.4 Å². The number of benzene rings is 1. The number of aromatic nitrogens is 3. The Bertz CT molecular complexity index is 968. The molecule has 0 atom stereocenters. The minimum atomic E-state index is -4.47. The zero-order chi connectivity index (χ0) is 21.0. The molecular formula is C19H19F3N4O2S. The van der Waals surface area contributed by atoms with Crippen LogP contribution in [0.15, 0.2) is 52.2 Å². The predicted molar refractivity (Wildman–Crippen MR) is 103 cm³/mol. The zero-order valence-electron chi connectivity index (χ0n) is 15.7. The van der Waals surface area contributed by atoms with Crippen LogP contribution in [0.4, 0.5) is 18.9 Å². The third kappa shape index (κ3) is 5.41. The average molecular weight is 424 g/mol. The van der Waals surface area contributed by atoms with E-state index in [0.717, 1.165) is 23.9 Å². The summed E-state index contributed by atoms with van der Waals surface area (Å²) in [5.74, 6) is 0.971. The molecule has 0 unspecified atom stereocenters. The van der Waals surface area contributed by atoms with E-state index in [4.69, 9.17) is 4.42 Å². The van der Waals surface area contributed by atoms with Gasteiger partial charge in [-0.25, -0.2) is 0 Å². The number of hydrogen-bond donors (Lipinski definition) is 1. The van der Waals surface area contributed by atoms with Gasteiger partial charge in [0.05, 0.1) is 17.6 Å². The Hall–Kier alpha value is -2.75. The molecule has 0 saturated carbocycles. The van der Waals surface area contributed by atoms with Gasteiger partial charge >= 0.3 is 6.18 Å². The van der Waals surface area contributed by atoms with Gasteiger partial charge in [-0.15, -0.1) is 10.2 Å². The van der Waals surface area contributed by atoms with Crippen LogP contribution in [0.5, 0.6) is 0 Å². The molecule has 2 aromatic heterocycles. The summed E-state index contributed by atoms with van der Waals surface area (Å²) in [6.45, 7) is 4.71. The molecule has 2 heterocycles. The summed E-state index contributed by atoms with van der Waals surface area (Å²) in [6.07, 6.45) is -2.93. The molecule has 1 N–H and O–H groups in total. The van der Waals surface area contributed by atoms with Gasteiger partial charge in [0.25, 0.3) is 0 Å². The van der Waals surface area contributed by atoms with Crippen molar-refractivity contribution in [3.05, 3.63) is 48.2 Å². The molecule has 154 valence electrons. The highest BCUT2D eigenvalue weighted by Crippen LogP contribution is 2.31. The minimum Gasteiger partial charge on any atom is -0.461 e. The minimum absolute atomic E-state index is 0.0232. The van der Waals surface area contributed by atoms with Crippen molar-refractivity contribution in [2.75, 3.05) is 11.1 Å².